The van der Waals surface area contributed by atoms with Gasteiger partial charge in [0.05, 0.1) is 5.69 Å². The van der Waals surface area contributed by atoms with Crippen LogP contribution in [0.25, 0.3) is 0 Å². The first kappa shape index (κ1) is 13.6. The first-order valence-electron chi connectivity index (χ1n) is 7.30. The number of hydrogen-bond donors (Lipinski definition) is 1. The van der Waals surface area contributed by atoms with Crippen molar-refractivity contribution in [3.05, 3.63) is 18.0 Å². The first-order chi connectivity index (χ1) is 8.85. The summed E-state index contributed by atoms with van der Waals surface area (Å²) < 4.78 is 2.15. The highest BCUT2D eigenvalue weighted by molar-refractivity contribution is 5.01. The van der Waals surface area contributed by atoms with Gasteiger partial charge in [-0.15, -0.1) is 0 Å². The second-order valence-electron chi connectivity index (χ2n) is 5.11. The number of aromatic nitrogens is 2. The van der Waals surface area contributed by atoms with E-state index in [0.29, 0.717) is 6.04 Å². The molecule has 102 valence electrons. The monoisotopic (exact) mass is 250 g/mol. The maximum absolute atomic E-state index is 4.41. The van der Waals surface area contributed by atoms with Crippen LogP contribution in [0.2, 0.25) is 0 Å². The summed E-state index contributed by atoms with van der Waals surface area (Å²) in [7, 11) is 0. The molecule has 1 aliphatic heterocycles. The Bertz CT molecular complexity index is 341. The molecule has 0 aromatic carbocycles. The van der Waals surface area contributed by atoms with Gasteiger partial charge in [0.25, 0.3) is 0 Å². The van der Waals surface area contributed by atoms with Crippen LogP contribution in [-0.4, -0.2) is 40.4 Å². The van der Waals surface area contributed by atoms with E-state index in [-0.39, 0.29) is 0 Å². The predicted molar refractivity (Wildman–Crippen MR) is 74.5 cm³/mol. The Morgan fingerprint density at radius 3 is 3.06 bits per heavy atom. The van der Waals surface area contributed by atoms with E-state index in [1.54, 1.807) is 0 Å². The van der Waals surface area contributed by atoms with Crippen molar-refractivity contribution >= 4 is 0 Å². The Kier molecular flexibility index (Phi) is 5.20. The molecule has 1 aromatic heterocycles. The van der Waals surface area contributed by atoms with Gasteiger partial charge in [-0.25, -0.2) is 0 Å². The Labute approximate surface area is 110 Å². The van der Waals surface area contributed by atoms with E-state index in [2.05, 4.69) is 39.9 Å². The molecule has 4 heteroatoms. The molecule has 0 saturated carbocycles. The number of hydrogen-bond acceptors (Lipinski definition) is 3. The van der Waals surface area contributed by atoms with Gasteiger partial charge < -0.3 is 5.32 Å². The van der Waals surface area contributed by atoms with Gasteiger partial charge in [-0.3, -0.25) is 9.58 Å². The molecular weight excluding hydrogens is 224 g/mol. The number of nitrogens with zero attached hydrogens (tertiary/aromatic N) is 3. The fraction of sp³-hybridized carbons (Fsp3) is 0.786. The smallest absolute Gasteiger partial charge is 0.0524 e. The van der Waals surface area contributed by atoms with Gasteiger partial charge in [0.15, 0.2) is 0 Å². The van der Waals surface area contributed by atoms with Crippen LogP contribution in [0.3, 0.4) is 0 Å². The third-order valence-corrected chi connectivity index (χ3v) is 3.80. The minimum Gasteiger partial charge on any atom is -0.315 e. The zero-order valence-electron chi connectivity index (χ0n) is 11.7. The van der Waals surface area contributed by atoms with Crippen LogP contribution < -0.4 is 5.32 Å². The summed E-state index contributed by atoms with van der Waals surface area (Å²) in [6.07, 6.45) is 5.70. The van der Waals surface area contributed by atoms with Crippen molar-refractivity contribution in [2.45, 2.75) is 52.2 Å². The number of aryl methyl sites for hydroxylation is 1. The molecule has 1 atom stereocenters. The first-order valence-corrected chi connectivity index (χ1v) is 7.30. The van der Waals surface area contributed by atoms with Crippen LogP contribution in [0.15, 0.2) is 12.3 Å². The number of rotatable bonds is 6. The molecule has 1 aliphatic rings. The van der Waals surface area contributed by atoms with Gasteiger partial charge in [0.2, 0.25) is 0 Å². The van der Waals surface area contributed by atoms with Crippen molar-refractivity contribution in [2.24, 2.45) is 0 Å². The van der Waals surface area contributed by atoms with Crippen LogP contribution in [0.4, 0.5) is 0 Å². The lowest BCUT2D eigenvalue weighted by Gasteiger charge is -2.33. The van der Waals surface area contributed by atoms with E-state index in [9.17, 15) is 0 Å². The molecule has 2 rings (SSSR count). The van der Waals surface area contributed by atoms with Gasteiger partial charge in [-0.1, -0.05) is 13.8 Å². The molecule has 1 N–H and O–H groups in total. The average Bonchev–Trinajstić information content (AvgIpc) is 2.85. The van der Waals surface area contributed by atoms with E-state index < -0.39 is 0 Å². The zero-order chi connectivity index (χ0) is 12.8. The normalized spacial score (nSPS) is 20.5. The van der Waals surface area contributed by atoms with Crippen LogP contribution in [0.5, 0.6) is 0 Å². The van der Waals surface area contributed by atoms with E-state index in [1.165, 1.54) is 25.1 Å². The van der Waals surface area contributed by atoms with Crippen molar-refractivity contribution in [1.29, 1.82) is 0 Å². The summed E-state index contributed by atoms with van der Waals surface area (Å²) in [4.78, 5) is 2.58. The van der Waals surface area contributed by atoms with Gasteiger partial charge in [0.1, 0.15) is 0 Å². The minimum atomic E-state index is 0.689. The Balaban J connectivity index is 1.98. The lowest BCUT2D eigenvalue weighted by Crippen LogP contribution is -2.45. The summed E-state index contributed by atoms with van der Waals surface area (Å²) in [5, 5.41) is 7.92. The van der Waals surface area contributed by atoms with Crippen LogP contribution in [0.1, 0.15) is 38.8 Å². The summed E-state index contributed by atoms with van der Waals surface area (Å²) in [5.41, 5.74) is 1.35. The highest BCUT2D eigenvalue weighted by Crippen LogP contribution is 2.14. The van der Waals surface area contributed by atoms with Crippen LogP contribution in [-0.2, 0) is 13.1 Å². The molecule has 0 aliphatic carbocycles. The second kappa shape index (κ2) is 6.90. The van der Waals surface area contributed by atoms with Crippen molar-refractivity contribution < 1.29 is 0 Å². The van der Waals surface area contributed by atoms with Gasteiger partial charge in [-0.05, 0) is 38.4 Å². The Morgan fingerprint density at radius 2 is 2.39 bits per heavy atom. The molecule has 0 bridgehead atoms. The van der Waals surface area contributed by atoms with Crippen LogP contribution in [0, 0.1) is 0 Å². The summed E-state index contributed by atoms with van der Waals surface area (Å²) in [6, 6.07) is 2.85. The van der Waals surface area contributed by atoms with Gasteiger partial charge in [-0.2, -0.15) is 5.10 Å². The third kappa shape index (κ3) is 3.33. The largest absolute Gasteiger partial charge is 0.315 e. The maximum atomic E-state index is 4.41. The number of nitrogens with one attached hydrogen (secondary N) is 1. The molecule has 0 radical (unpaired) electrons. The molecule has 1 aromatic rings. The topological polar surface area (TPSA) is 33.1 Å². The van der Waals surface area contributed by atoms with Crippen molar-refractivity contribution in [3.8, 4) is 0 Å². The number of piperidine rings is 1. The van der Waals surface area contributed by atoms with Gasteiger partial charge in [0, 0.05) is 31.9 Å². The van der Waals surface area contributed by atoms with E-state index in [4.69, 9.17) is 0 Å². The Morgan fingerprint density at radius 1 is 1.50 bits per heavy atom. The fourth-order valence-corrected chi connectivity index (χ4v) is 2.76. The second-order valence-corrected chi connectivity index (χ2v) is 5.11. The molecule has 0 amide bonds. The van der Waals surface area contributed by atoms with Crippen molar-refractivity contribution in [1.82, 2.24) is 20.0 Å². The lowest BCUT2D eigenvalue weighted by atomic mass is 10.1. The molecule has 4 nitrogen and oxygen atoms in total. The molecule has 18 heavy (non-hydrogen) atoms. The van der Waals surface area contributed by atoms with Gasteiger partial charge >= 0.3 is 0 Å². The lowest BCUT2D eigenvalue weighted by molar-refractivity contribution is 0.161. The zero-order valence-corrected chi connectivity index (χ0v) is 11.7. The molecule has 1 saturated heterocycles. The summed E-state index contributed by atoms with van der Waals surface area (Å²) in [5.74, 6) is 0. The Hall–Kier alpha value is -0.870. The standard InChI is InChI=1S/C14H26N4/c1-3-10-18-14(7-9-16-18)12-17(4-2)13-6-5-8-15-11-13/h7,9,13,15H,3-6,8,10-12H2,1-2H3. The quantitative estimate of drug-likeness (QED) is 0.836. The minimum absolute atomic E-state index is 0.689. The van der Waals surface area contributed by atoms with Crippen LogP contribution >= 0.6 is 0 Å². The molecular formula is C14H26N4. The highest BCUT2D eigenvalue weighted by atomic mass is 15.3. The molecule has 1 fully saturated rings. The van der Waals surface area contributed by atoms with E-state index >= 15 is 0 Å². The predicted octanol–water partition coefficient (Wildman–Crippen LogP) is 1.87. The third-order valence-electron chi connectivity index (χ3n) is 3.80. The summed E-state index contributed by atoms with van der Waals surface area (Å²) in [6.45, 7) is 9.95. The van der Waals surface area contributed by atoms with E-state index in [1.807, 2.05) is 6.20 Å². The maximum Gasteiger partial charge on any atom is 0.0524 e. The fourth-order valence-electron chi connectivity index (χ4n) is 2.76. The SMILES string of the molecule is CCCn1nccc1CN(CC)C1CCCNC1. The van der Waals surface area contributed by atoms with E-state index in [0.717, 1.165) is 32.6 Å². The highest BCUT2D eigenvalue weighted by Gasteiger charge is 2.20. The van der Waals surface area contributed by atoms with Crippen molar-refractivity contribution in [2.75, 3.05) is 19.6 Å². The van der Waals surface area contributed by atoms with Crippen molar-refractivity contribution in [3.63, 3.8) is 0 Å². The molecule has 1 unspecified atom stereocenters. The number of likely N-dealkylation sites (N-methyl/N-ethyl adjacent to an activating group) is 1. The molecule has 2 heterocycles. The molecule has 0 spiro atoms. The average molecular weight is 250 g/mol. The summed E-state index contributed by atoms with van der Waals surface area (Å²) >= 11 is 0.